The van der Waals surface area contributed by atoms with Crippen molar-refractivity contribution in [2.24, 2.45) is 0 Å². The highest BCUT2D eigenvalue weighted by atomic mass is 79.9. The summed E-state index contributed by atoms with van der Waals surface area (Å²) in [6.45, 7) is 5.46. The van der Waals surface area contributed by atoms with Gasteiger partial charge in [0.15, 0.2) is 6.10 Å². The highest BCUT2D eigenvalue weighted by molar-refractivity contribution is 9.10. The van der Waals surface area contributed by atoms with E-state index in [1.807, 2.05) is 26.0 Å². The van der Waals surface area contributed by atoms with Gasteiger partial charge in [-0.15, -0.1) is 0 Å². The van der Waals surface area contributed by atoms with Gasteiger partial charge < -0.3 is 4.74 Å². The molecule has 1 aromatic heterocycles. The molecule has 1 heterocycles. The number of aromatic nitrogens is 1. The first kappa shape index (κ1) is 14.7. The summed E-state index contributed by atoms with van der Waals surface area (Å²) < 4.78 is 6.51. The Morgan fingerprint density at radius 3 is 2.80 bits per heavy atom. The van der Waals surface area contributed by atoms with Crippen LogP contribution in [0.15, 0.2) is 22.7 Å². The molecule has 5 nitrogen and oxygen atoms in total. The topological polar surface area (TPSA) is 71.5 Å². The zero-order chi connectivity index (χ0) is 14.9. The minimum Gasteiger partial charge on any atom is -0.479 e. The van der Waals surface area contributed by atoms with Gasteiger partial charge in [0, 0.05) is 15.6 Å². The van der Waals surface area contributed by atoms with Gasteiger partial charge >= 0.3 is 0 Å². The van der Waals surface area contributed by atoms with E-state index < -0.39 is 12.0 Å². The Labute approximate surface area is 125 Å². The zero-order valence-electron chi connectivity index (χ0n) is 11.4. The maximum absolute atomic E-state index is 11.3. The summed E-state index contributed by atoms with van der Waals surface area (Å²) in [6.07, 6.45) is -0.813. The number of nitrogens with zero attached hydrogens (tertiary/aromatic N) is 1. The van der Waals surface area contributed by atoms with Crippen molar-refractivity contribution in [3.05, 3.63) is 33.9 Å². The lowest BCUT2D eigenvalue weighted by Crippen LogP contribution is -2.34. The first-order valence-electron chi connectivity index (χ1n) is 6.11. The van der Waals surface area contributed by atoms with Gasteiger partial charge in [0.2, 0.25) is 0 Å². The minimum atomic E-state index is -0.813. The maximum atomic E-state index is 11.3. The number of hydrogen-bond acceptors (Lipinski definition) is 4. The summed E-state index contributed by atoms with van der Waals surface area (Å²) in [5.74, 6) is -0.100. The number of halogens is 1. The van der Waals surface area contributed by atoms with Crippen LogP contribution >= 0.6 is 15.9 Å². The number of hydroxylamine groups is 1. The second kappa shape index (κ2) is 5.76. The highest BCUT2D eigenvalue weighted by Crippen LogP contribution is 2.33. The molecule has 0 saturated carbocycles. The second-order valence-corrected chi connectivity index (χ2v) is 5.44. The molecule has 0 bridgehead atoms. The average molecular weight is 339 g/mol. The number of pyridine rings is 1. The van der Waals surface area contributed by atoms with Gasteiger partial charge in [0.05, 0.1) is 0 Å². The quantitative estimate of drug-likeness (QED) is 0.666. The van der Waals surface area contributed by atoms with E-state index in [2.05, 4.69) is 20.9 Å². The molecule has 0 saturated heterocycles. The van der Waals surface area contributed by atoms with Crippen LogP contribution in [-0.4, -0.2) is 22.2 Å². The van der Waals surface area contributed by atoms with Gasteiger partial charge in [-0.05, 0) is 44.5 Å². The fourth-order valence-corrected chi connectivity index (χ4v) is 2.69. The third-order valence-corrected chi connectivity index (χ3v) is 3.64. The Kier molecular flexibility index (Phi) is 4.25. The first-order valence-corrected chi connectivity index (χ1v) is 6.90. The molecule has 106 valence electrons. The summed E-state index contributed by atoms with van der Waals surface area (Å²) in [5.41, 5.74) is 4.21. The summed E-state index contributed by atoms with van der Waals surface area (Å²) in [6, 6.07) is 5.59. The van der Waals surface area contributed by atoms with Crippen molar-refractivity contribution in [3.63, 3.8) is 0 Å². The largest absolute Gasteiger partial charge is 0.479 e. The molecule has 2 rings (SSSR count). The van der Waals surface area contributed by atoms with E-state index in [1.165, 1.54) is 0 Å². The molecule has 0 aliphatic carbocycles. The molecule has 0 aliphatic heterocycles. The molecule has 1 unspecified atom stereocenters. The fraction of sp³-hybridized carbons (Fsp3) is 0.286. The summed E-state index contributed by atoms with van der Waals surface area (Å²) in [5, 5.41) is 9.57. The summed E-state index contributed by atoms with van der Waals surface area (Å²) in [7, 11) is 0. The van der Waals surface area contributed by atoms with E-state index in [1.54, 1.807) is 18.5 Å². The van der Waals surface area contributed by atoms with Crippen molar-refractivity contribution in [1.29, 1.82) is 0 Å². The van der Waals surface area contributed by atoms with Crippen molar-refractivity contribution in [3.8, 4) is 5.75 Å². The number of amides is 1. The summed E-state index contributed by atoms with van der Waals surface area (Å²) in [4.78, 5) is 15.8. The van der Waals surface area contributed by atoms with Crippen molar-refractivity contribution in [2.75, 3.05) is 0 Å². The molecular formula is C14H15BrN2O3. The maximum Gasteiger partial charge on any atom is 0.284 e. The molecule has 6 heteroatoms. The van der Waals surface area contributed by atoms with E-state index in [0.717, 1.165) is 21.1 Å². The van der Waals surface area contributed by atoms with Crippen LogP contribution in [0.5, 0.6) is 5.75 Å². The second-order valence-electron chi connectivity index (χ2n) is 4.59. The fourth-order valence-electron chi connectivity index (χ4n) is 2.06. The molecule has 1 aromatic carbocycles. The van der Waals surface area contributed by atoms with E-state index in [-0.39, 0.29) is 0 Å². The van der Waals surface area contributed by atoms with E-state index in [4.69, 9.17) is 9.94 Å². The van der Waals surface area contributed by atoms with E-state index >= 15 is 0 Å². The molecule has 0 spiro atoms. The Balaban J connectivity index is 2.55. The zero-order valence-corrected chi connectivity index (χ0v) is 13.0. The van der Waals surface area contributed by atoms with Crippen LogP contribution in [0.4, 0.5) is 0 Å². The van der Waals surface area contributed by atoms with Crippen LogP contribution < -0.4 is 10.2 Å². The van der Waals surface area contributed by atoms with Gasteiger partial charge in [-0.1, -0.05) is 15.9 Å². The molecule has 2 N–H and O–H groups in total. The number of rotatable bonds is 3. The lowest BCUT2D eigenvalue weighted by Gasteiger charge is -2.15. The Hall–Kier alpha value is -1.66. The van der Waals surface area contributed by atoms with Gasteiger partial charge in [0.1, 0.15) is 11.3 Å². The first-order chi connectivity index (χ1) is 9.43. The number of carbonyl (C=O) groups is 1. The van der Waals surface area contributed by atoms with Crippen molar-refractivity contribution >= 4 is 32.7 Å². The predicted octanol–water partition coefficient (Wildman–Crippen LogP) is 2.89. The number of aryl methyl sites for hydroxylation is 2. The monoisotopic (exact) mass is 338 g/mol. The van der Waals surface area contributed by atoms with Crippen LogP contribution in [0.25, 0.3) is 10.9 Å². The van der Waals surface area contributed by atoms with Crippen molar-refractivity contribution in [2.45, 2.75) is 26.9 Å². The number of carbonyl (C=O) groups excluding carboxylic acids is 1. The Morgan fingerprint density at radius 1 is 1.45 bits per heavy atom. The number of nitrogens with one attached hydrogen (secondary N) is 1. The van der Waals surface area contributed by atoms with Gasteiger partial charge in [-0.25, -0.2) is 10.5 Å². The lowest BCUT2D eigenvalue weighted by atomic mass is 10.1. The molecule has 2 aromatic rings. The van der Waals surface area contributed by atoms with Crippen LogP contribution in [-0.2, 0) is 4.79 Å². The van der Waals surface area contributed by atoms with Crippen molar-refractivity contribution < 1.29 is 14.7 Å². The Bertz CT molecular complexity index is 673. The number of benzene rings is 1. The number of hydrogen-bond donors (Lipinski definition) is 2. The van der Waals surface area contributed by atoms with Crippen LogP contribution in [0.1, 0.15) is 18.2 Å². The molecular weight excluding hydrogens is 324 g/mol. The smallest absolute Gasteiger partial charge is 0.284 e. The average Bonchev–Trinajstić information content (AvgIpc) is 2.40. The van der Waals surface area contributed by atoms with Gasteiger partial charge in [-0.3, -0.25) is 10.0 Å². The number of ether oxygens (including phenoxy) is 1. The molecule has 20 heavy (non-hydrogen) atoms. The highest BCUT2D eigenvalue weighted by Gasteiger charge is 2.17. The van der Waals surface area contributed by atoms with Crippen molar-refractivity contribution in [1.82, 2.24) is 10.5 Å². The standard InChI is InChI=1S/C14H15BrN2O3/c1-7-6-8(2)16-13-11(5-4-10(15)12(7)13)20-9(3)14(18)17-19/h4-6,9,19H,1-3H3,(H,17,18). The molecule has 0 radical (unpaired) electrons. The molecule has 1 amide bonds. The van der Waals surface area contributed by atoms with Crippen LogP contribution in [0, 0.1) is 13.8 Å². The molecule has 0 aliphatic rings. The normalized spacial score (nSPS) is 12.2. The number of fused-ring (bicyclic) bond motifs is 1. The van der Waals surface area contributed by atoms with Crippen LogP contribution in [0.2, 0.25) is 0 Å². The Morgan fingerprint density at radius 2 is 2.15 bits per heavy atom. The minimum absolute atomic E-state index is 0.506. The third kappa shape index (κ3) is 2.76. The molecule has 0 fully saturated rings. The SMILES string of the molecule is Cc1cc(C)c2c(Br)ccc(OC(C)C(=O)NO)c2n1. The summed E-state index contributed by atoms with van der Waals surface area (Å²) >= 11 is 3.50. The molecule has 1 atom stereocenters. The lowest BCUT2D eigenvalue weighted by molar-refractivity contribution is -0.135. The van der Waals surface area contributed by atoms with E-state index in [0.29, 0.717) is 11.3 Å². The predicted molar refractivity (Wildman–Crippen MR) is 78.9 cm³/mol. The van der Waals surface area contributed by atoms with E-state index in [9.17, 15) is 4.79 Å². The van der Waals surface area contributed by atoms with Gasteiger partial charge in [-0.2, -0.15) is 0 Å². The van der Waals surface area contributed by atoms with Gasteiger partial charge in [0.25, 0.3) is 5.91 Å². The third-order valence-electron chi connectivity index (χ3n) is 2.98. The van der Waals surface area contributed by atoms with Crippen LogP contribution in [0.3, 0.4) is 0 Å².